The molecule has 1 heterocycles. The van der Waals surface area contributed by atoms with E-state index in [1.165, 1.54) is 12.8 Å². The van der Waals surface area contributed by atoms with E-state index in [0.29, 0.717) is 17.9 Å². The molecule has 1 fully saturated rings. The Balaban J connectivity index is 1.97. The maximum atomic E-state index is 5.76. The number of nitrogens with zero attached hydrogens (tertiary/aromatic N) is 2. The monoisotopic (exact) mass is 234 g/mol. The van der Waals surface area contributed by atoms with E-state index in [2.05, 4.69) is 15.3 Å². The maximum Gasteiger partial charge on any atom is 0.213 e. The zero-order valence-corrected chi connectivity index (χ0v) is 10.0. The van der Waals surface area contributed by atoms with Gasteiger partial charge in [-0.2, -0.15) is 0 Å². The number of hydrogen-bond donors (Lipinski definition) is 2. The highest BCUT2D eigenvalue weighted by molar-refractivity contribution is 5.80. The molecule has 1 aromatic rings. The van der Waals surface area contributed by atoms with Crippen LogP contribution in [0.1, 0.15) is 25.7 Å². The molecule has 0 bridgehead atoms. The average Bonchev–Trinajstić information content (AvgIpc) is 2.84. The Morgan fingerprint density at radius 1 is 1.47 bits per heavy atom. The molecule has 0 atom stereocenters. The highest BCUT2D eigenvalue weighted by Crippen LogP contribution is 2.23. The Bertz CT molecular complexity index is 382. The van der Waals surface area contributed by atoms with Gasteiger partial charge in [0.2, 0.25) is 5.88 Å². The van der Waals surface area contributed by atoms with Crippen LogP contribution in [0.4, 0.5) is 5.69 Å². The van der Waals surface area contributed by atoms with E-state index in [1.807, 2.05) is 12.1 Å². The lowest BCUT2D eigenvalue weighted by molar-refractivity contribution is 0.201. The Hall–Kier alpha value is -1.78. The lowest BCUT2D eigenvalue weighted by Gasteiger charge is -2.11. The van der Waals surface area contributed by atoms with E-state index in [0.717, 1.165) is 18.5 Å². The van der Waals surface area contributed by atoms with Crippen LogP contribution in [-0.4, -0.2) is 24.1 Å². The largest absolute Gasteiger partial charge is 0.474 e. The highest BCUT2D eigenvalue weighted by atomic mass is 16.5. The topological polar surface area (TPSA) is 72.5 Å². The molecule has 3 N–H and O–H groups in total. The van der Waals surface area contributed by atoms with Gasteiger partial charge in [0.1, 0.15) is 6.10 Å². The van der Waals surface area contributed by atoms with Crippen LogP contribution in [0.2, 0.25) is 0 Å². The second kappa shape index (κ2) is 5.52. The minimum absolute atomic E-state index is 0.333. The van der Waals surface area contributed by atoms with Crippen molar-refractivity contribution in [3.8, 4) is 5.88 Å². The van der Waals surface area contributed by atoms with Gasteiger partial charge in [-0.1, -0.05) is 0 Å². The lowest BCUT2D eigenvalue weighted by atomic mass is 10.3. The van der Waals surface area contributed by atoms with Crippen molar-refractivity contribution in [3.63, 3.8) is 0 Å². The average molecular weight is 234 g/mol. The highest BCUT2D eigenvalue weighted by Gasteiger charge is 2.16. The van der Waals surface area contributed by atoms with Gasteiger partial charge in [0.05, 0.1) is 11.9 Å². The fourth-order valence-corrected chi connectivity index (χ4v) is 1.88. The van der Waals surface area contributed by atoms with Gasteiger partial charge < -0.3 is 15.8 Å². The van der Waals surface area contributed by atoms with E-state index in [4.69, 9.17) is 10.5 Å². The van der Waals surface area contributed by atoms with Gasteiger partial charge in [-0.15, -0.1) is 0 Å². The quantitative estimate of drug-likeness (QED) is 0.615. The van der Waals surface area contributed by atoms with Crippen molar-refractivity contribution in [2.75, 3.05) is 7.05 Å². The van der Waals surface area contributed by atoms with Crippen LogP contribution < -0.4 is 15.8 Å². The summed E-state index contributed by atoms with van der Waals surface area (Å²) >= 11 is 0. The summed E-state index contributed by atoms with van der Waals surface area (Å²) in [5.74, 6) is 1.04. The zero-order chi connectivity index (χ0) is 12.1. The molecule has 0 unspecified atom stereocenters. The minimum atomic E-state index is 0.333. The molecule has 1 aliphatic carbocycles. The smallest absolute Gasteiger partial charge is 0.213 e. The van der Waals surface area contributed by atoms with Gasteiger partial charge in [0.25, 0.3) is 0 Å². The number of nitrogens with two attached hydrogens (primary N) is 1. The molecular formula is C12H18N4O. The molecule has 1 saturated carbocycles. The van der Waals surface area contributed by atoms with E-state index in [1.54, 1.807) is 13.2 Å². The summed E-state index contributed by atoms with van der Waals surface area (Å²) in [7, 11) is 1.73. The number of rotatable bonds is 3. The zero-order valence-electron chi connectivity index (χ0n) is 10.0. The second-order valence-corrected chi connectivity index (χ2v) is 4.13. The molecule has 0 saturated heterocycles. The SMILES string of the molecule is CN/C(N)=N\c1ccc(OC2CCCC2)nc1. The first kappa shape index (κ1) is 11.7. The predicted molar refractivity (Wildman–Crippen MR) is 67.5 cm³/mol. The molecule has 0 spiro atoms. The van der Waals surface area contributed by atoms with Gasteiger partial charge in [0, 0.05) is 13.1 Å². The minimum Gasteiger partial charge on any atom is -0.474 e. The summed E-state index contributed by atoms with van der Waals surface area (Å²) in [5, 5.41) is 2.76. The molecule has 1 aromatic heterocycles. The fourth-order valence-electron chi connectivity index (χ4n) is 1.88. The summed E-state index contributed by atoms with van der Waals surface area (Å²) < 4.78 is 5.76. The number of hydrogen-bond acceptors (Lipinski definition) is 3. The van der Waals surface area contributed by atoms with Crippen LogP contribution >= 0.6 is 0 Å². The van der Waals surface area contributed by atoms with E-state index in [-0.39, 0.29) is 0 Å². The van der Waals surface area contributed by atoms with Gasteiger partial charge in [-0.05, 0) is 31.7 Å². The molecule has 17 heavy (non-hydrogen) atoms. The van der Waals surface area contributed by atoms with Crippen LogP contribution in [-0.2, 0) is 0 Å². The van der Waals surface area contributed by atoms with Crippen molar-refractivity contribution in [2.24, 2.45) is 10.7 Å². The molecule has 92 valence electrons. The molecule has 5 nitrogen and oxygen atoms in total. The summed E-state index contributed by atoms with van der Waals surface area (Å²) in [4.78, 5) is 8.33. The third kappa shape index (κ3) is 3.34. The summed E-state index contributed by atoms with van der Waals surface area (Å²) in [5.41, 5.74) is 6.27. The van der Waals surface area contributed by atoms with Crippen LogP contribution in [0.5, 0.6) is 5.88 Å². The van der Waals surface area contributed by atoms with Crippen LogP contribution in [0.25, 0.3) is 0 Å². The number of ether oxygens (including phenoxy) is 1. The number of guanidine groups is 1. The van der Waals surface area contributed by atoms with Crippen molar-refractivity contribution < 1.29 is 4.74 Å². The summed E-state index contributed by atoms with van der Waals surface area (Å²) in [6.45, 7) is 0. The van der Waals surface area contributed by atoms with Gasteiger partial charge in [0.15, 0.2) is 5.96 Å². The lowest BCUT2D eigenvalue weighted by Crippen LogP contribution is -2.27. The number of pyridine rings is 1. The van der Waals surface area contributed by atoms with Crippen molar-refractivity contribution in [1.29, 1.82) is 0 Å². The first-order valence-electron chi connectivity index (χ1n) is 5.92. The Labute approximate surface area is 101 Å². The van der Waals surface area contributed by atoms with Gasteiger partial charge >= 0.3 is 0 Å². The molecular weight excluding hydrogens is 216 g/mol. The molecule has 1 aliphatic rings. The number of aromatic nitrogens is 1. The Morgan fingerprint density at radius 2 is 2.24 bits per heavy atom. The first-order valence-corrected chi connectivity index (χ1v) is 5.92. The molecule has 0 radical (unpaired) electrons. The third-order valence-corrected chi connectivity index (χ3v) is 2.82. The summed E-state index contributed by atoms with van der Waals surface area (Å²) in [6.07, 6.45) is 6.77. The van der Waals surface area contributed by atoms with Crippen LogP contribution in [0.15, 0.2) is 23.3 Å². The predicted octanol–water partition coefficient (Wildman–Crippen LogP) is 1.57. The third-order valence-electron chi connectivity index (χ3n) is 2.82. The molecule has 0 amide bonds. The van der Waals surface area contributed by atoms with E-state index < -0.39 is 0 Å². The van der Waals surface area contributed by atoms with Crippen molar-refractivity contribution in [3.05, 3.63) is 18.3 Å². The summed E-state index contributed by atoms with van der Waals surface area (Å²) in [6, 6.07) is 3.68. The van der Waals surface area contributed by atoms with Gasteiger partial charge in [-0.3, -0.25) is 0 Å². The number of aliphatic imine (C=N–C) groups is 1. The normalized spacial score (nSPS) is 17.1. The fraction of sp³-hybridized carbons (Fsp3) is 0.500. The van der Waals surface area contributed by atoms with E-state index in [9.17, 15) is 0 Å². The standard InChI is InChI=1S/C12H18N4O/c1-14-12(13)16-9-6-7-11(15-8-9)17-10-4-2-3-5-10/h6-8,10H,2-5H2,1H3,(H3,13,14,16). The molecule has 0 aliphatic heterocycles. The maximum absolute atomic E-state index is 5.76. The van der Waals surface area contributed by atoms with Crippen LogP contribution in [0.3, 0.4) is 0 Å². The Morgan fingerprint density at radius 3 is 2.82 bits per heavy atom. The molecule has 2 rings (SSSR count). The second-order valence-electron chi connectivity index (χ2n) is 4.13. The van der Waals surface area contributed by atoms with Crippen LogP contribution in [0, 0.1) is 0 Å². The molecule has 5 heteroatoms. The Kier molecular flexibility index (Phi) is 3.80. The van der Waals surface area contributed by atoms with Gasteiger partial charge in [-0.25, -0.2) is 9.98 Å². The van der Waals surface area contributed by atoms with Crippen molar-refractivity contribution in [1.82, 2.24) is 10.3 Å². The molecule has 0 aromatic carbocycles. The number of nitrogens with one attached hydrogen (secondary N) is 1. The first-order chi connectivity index (χ1) is 8.28. The van der Waals surface area contributed by atoms with Crippen molar-refractivity contribution >= 4 is 11.6 Å². The van der Waals surface area contributed by atoms with E-state index >= 15 is 0 Å². The van der Waals surface area contributed by atoms with Crippen molar-refractivity contribution in [2.45, 2.75) is 31.8 Å².